The van der Waals surface area contributed by atoms with Gasteiger partial charge in [0.1, 0.15) is 12.7 Å². The molecule has 0 aromatic rings. The lowest BCUT2D eigenvalue weighted by molar-refractivity contribution is -0.128. The number of aromatic nitrogens is 4. The number of nitrogen functional groups attached to an aromatic ring is 1. The number of anilines is 1. The molecule has 0 saturated carbocycles. The second-order valence-corrected chi connectivity index (χ2v) is 3.15. The highest BCUT2D eigenvalue weighted by Gasteiger charge is 2.18. The topological polar surface area (TPSA) is 122 Å². The first-order chi connectivity index (χ1) is 7.59. The summed E-state index contributed by atoms with van der Waals surface area (Å²) in [7, 11) is 0. The number of primary amides is 1. The largest absolute Gasteiger partial charge is 0.398 e. The summed E-state index contributed by atoms with van der Waals surface area (Å²) in [5, 5.41) is 0. The number of imidazole rings is 1. The second kappa shape index (κ2) is 3.65. The molecule has 0 fully saturated rings. The summed E-state index contributed by atoms with van der Waals surface area (Å²) in [6.45, 7) is 1.52. The quantitative estimate of drug-likeness (QED) is 0.662. The van der Waals surface area contributed by atoms with E-state index in [1.165, 1.54) is 24.3 Å². The van der Waals surface area contributed by atoms with Crippen LogP contribution in [-0.4, -0.2) is 31.7 Å². The molecule has 2 heterocycles. The lowest BCUT2D eigenvalue weighted by Crippen LogP contribution is -2.36. The lowest BCUT2D eigenvalue weighted by atomic mass is 10.4. The fraction of sp³-hybridized carbons (Fsp3) is 0.250. The van der Waals surface area contributed by atoms with Crippen LogP contribution in [0.3, 0.4) is 0 Å². The molecule has 2 aliphatic rings. The van der Waals surface area contributed by atoms with Crippen molar-refractivity contribution in [2.24, 2.45) is 5.73 Å². The smallest absolute Gasteiger partial charge is 0.260 e. The van der Waals surface area contributed by atoms with Crippen molar-refractivity contribution >= 4 is 11.7 Å². The Kier molecular flexibility index (Phi) is 2.31. The predicted molar refractivity (Wildman–Crippen MR) is 54.1 cm³/mol. The molecule has 0 bridgehead atoms. The Morgan fingerprint density at radius 2 is 2.25 bits per heavy atom. The van der Waals surface area contributed by atoms with Gasteiger partial charge in [0, 0.05) is 0 Å². The van der Waals surface area contributed by atoms with E-state index >= 15 is 0 Å². The van der Waals surface area contributed by atoms with Crippen molar-refractivity contribution in [1.82, 2.24) is 19.7 Å². The molecule has 4 N–H and O–H groups in total. The zero-order chi connectivity index (χ0) is 11.7. The highest BCUT2D eigenvalue weighted by molar-refractivity contribution is 5.78. The Bertz CT molecular complexity index is 496. The van der Waals surface area contributed by atoms with E-state index in [0.29, 0.717) is 11.5 Å². The third-order valence-electron chi connectivity index (χ3n) is 2.00. The number of nitrogens with zero attached hydrogens (tertiary/aromatic N) is 4. The van der Waals surface area contributed by atoms with E-state index in [9.17, 15) is 4.79 Å². The number of nitrogens with two attached hydrogens (primary N) is 2. The van der Waals surface area contributed by atoms with E-state index in [1.807, 2.05) is 0 Å². The molecular weight excluding hydrogens is 212 g/mol. The first-order valence-corrected chi connectivity index (χ1v) is 4.49. The third-order valence-corrected chi connectivity index (χ3v) is 2.00. The van der Waals surface area contributed by atoms with E-state index in [1.54, 1.807) is 0 Å². The van der Waals surface area contributed by atoms with E-state index in [0.717, 1.165) is 0 Å². The standard InChI is InChI=1S/C8H10N6O2/c1-4(7(10)15)16-14-3-13-6(9)5-8(14)12-2-11-5/h2-4H,9H2,1H3,(H2,10,15). The van der Waals surface area contributed by atoms with Gasteiger partial charge in [-0.05, 0) is 6.92 Å². The normalized spacial score (nSPS) is 12.6. The highest BCUT2D eigenvalue weighted by Crippen LogP contribution is 2.20. The number of fused-ring (bicyclic) bond motifs is 1. The van der Waals surface area contributed by atoms with Crippen molar-refractivity contribution in [3.05, 3.63) is 12.7 Å². The molecule has 2 rings (SSSR count). The summed E-state index contributed by atoms with van der Waals surface area (Å²) in [6.07, 6.45) is 1.85. The molecule has 0 aromatic heterocycles. The zero-order valence-electron chi connectivity index (χ0n) is 8.49. The molecule has 0 spiro atoms. The molecule has 8 heteroatoms. The first kappa shape index (κ1) is 10.1. The summed E-state index contributed by atoms with van der Waals surface area (Å²) >= 11 is 0. The van der Waals surface area contributed by atoms with Crippen LogP contribution in [0.5, 0.6) is 0 Å². The Morgan fingerprint density at radius 3 is 2.94 bits per heavy atom. The second-order valence-electron chi connectivity index (χ2n) is 3.15. The third kappa shape index (κ3) is 1.60. The Labute approximate surface area is 90.5 Å². The molecule has 0 radical (unpaired) electrons. The predicted octanol–water partition coefficient (Wildman–Crippen LogP) is -1.34. The van der Waals surface area contributed by atoms with Gasteiger partial charge in [-0.15, -0.1) is 0 Å². The Hall–Kier alpha value is -2.38. The van der Waals surface area contributed by atoms with Gasteiger partial charge in [-0.2, -0.15) is 4.73 Å². The Morgan fingerprint density at radius 1 is 1.50 bits per heavy atom. The number of rotatable bonds is 3. The van der Waals surface area contributed by atoms with E-state index < -0.39 is 12.0 Å². The maximum atomic E-state index is 10.8. The van der Waals surface area contributed by atoms with Crippen LogP contribution in [0.4, 0.5) is 5.82 Å². The van der Waals surface area contributed by atoms with Gasteiger partial charge in [0.15, 0.2) is 17.6 Å². The highest BCUT2D eigenvalue weighted by atomic mass is 16.7. The van der Waals surface area contributed by atoms with Gasteiger partial charge in [-0.3, -0.25) is 4.79 Å². The van der Waals surface area contributed by atoms with Crippen molar-refractivity contribution in [3.8, 4) is 11.5 Å². The van der Waals surface area contributed by atoms with Gasteiger partial charge in [0.2, 0.25) is 5.82 Å². The van der Waals surface area contributed by atoms with Gasteiger partial charge in [-0.25, -0.2) is 15.0 Å². The van der Waals surface area contributed by atoms with E-state index in [4.69, 9.17) is 16.3 Å². The SMILES string of the molecule is CC(On1cnc(N)c2ncnc1-2)C(N)=O. The van der Waals surface area contributed by atoms with Crippen LogP contribution in [-0.2, 0) is 4.79 Å². The monoisotopic (exact) mass is 222 g/mol. The Balaban J connectivity index is 2.36. The average Bonchev–Trinajstić information content (AvgIpc) is 2.71. The van der Waals surface area contributed by atoms with Gasteiger partial charge in [-0.1, -0.05) is 0 Å². The number of hydrogen-bond acceptors (Lipinski definition) is 6. The minimum atomic E-state index is -0.796. The summed E-state index contributed by atoms with van der Waals surface area (Å²) in [6, 6.07) is 0. The lowest BCUT2D eigenvalue weighted by Gasteiger charge is -2.15. The molecule has 2 aliphatic heterocycles. The van der Waals surface area contributed by atoms with Gasteiger partial charge >= 0.3 is 0 Å². The summed E-state index contributed by atoms with van der Waals surface area (Å²) < 4.78 is 1.22. The van der Waals surface area contributed by atoms with Crippen molar-refractivity contribution in [2.75, 3.05) is 5.73 Å². The molecule has 1 amide bonds. The number of carbonyl (C=O) groups excluding carboxylic acids is 1. The molecule has 0 aromatic carbocycles. The molecule has 8 nitrogen and oxygen atoms in total. The fourth-order valence-electron chi connectivity index (χ4n) is 1.13. The van der Waals surface area contributed by atoms with Crippen LogP contribution < -0.4 is 16.3 Å². The molecule has 0 aliphatic carbocycles. The molecule has 0 saturated heterocycles. The van der Waals surface area contributed by atoms with Crippen LogP contribution in [0.2, 0.25) is 0 Å². The van der Waals surface area contributed by atoms with E-state index in [-0.39, 0.29) is 5.82 Å². The number of carbonyl (C=O) groups is 1. The van der Waals surface area contributed by atoms with Crippen molar-refractivity contribution in [2.45, 2.75) is 13.0 Å². The summed E-state index contributed by atoms with van der Waals surface area (Å²) in [4.78, 5) is 27.8. The molecule has 1 atom stereocenters. The van der Waals surface area contributed by atoms with Crippen LogP contribution in [0.1, 0.15) is 6.92 Å². The van der Waals surface area contributed by atoms with Crippen molar-refractivity contribution in [3.63, 3.8) is 0 Å². The molecule has 16 heavy (non-hydrogen) atoms. The number of amides is 1. The fourth-order valence-corrected chi connectivity index (χ4v) is 1.13. The molecular formula is C8H10N6O2. The average molecular weight is 222 g/mol. The molecule has 84 valence electrons. The van der Waals surface area contributed by atoms with Crippen molar-refractivity contribution in [1.29, 1.82) is 0 Å². The zero-order valence-corrected chi connectivity index (χ0v) is 8.49. The van der Waals surface area contributed by atoms with Crippen LogP contribution in [0.15, 0.2) is 12.7 Å². The first-order valence-electron chi connectivity index (χ1n) is 4.49. The minimum absolute atomic E-state index is 0.249. The minimum Gasteiger partial charge on any atom is -0.398 e. The molecule has 1 unspecified atom stereocenters. The maximum Gasteiger partial charge on any atom is 0.260 e. The van der Waals surface area contributed by atoms with Crippen LogP contribution in [0.25, 0.3) is 11.5 Å². The maximum absolute atomic E-state index is 10.8. The van der Waals surface area contributed by atoms with E-state index in [2.05, 4.69) is 15.0 Å². The number of hydrogen-bond donors (Lipinski definition) is 2. The van der Waals surface area contributed by atoms with Gasteiger partial charge < -0.3 is 16.3 Å². The van der Waals surface area contributed by atoms with Gasteiger partial charge in [0.25, 0.3) is 5.91 Å². The van der Waals surface area contributed by atoms with Gasteiger partial charge in [0.05, 0.1) is 0 Å². The summed E-state index contributed by atoms with van der Waals surface area (Å²) in [5.74, 6) is 0.0525. The van der Waals surface area contributed by atoms with Crippen molar-refractivity contribution < 1.29 is 9.63 Å². The van der Waals surface area contributed by atoms with Crippen LogP contribution in [0, 0.1) is 0 Å². The van der Waals surface area contributed by atoms with Crippen LogP contribution >= 0.6 is 0 Å². The summed E-state index contributed by atoms with van der Waals surface area (Å²) in [5.41, 5.74) is 11.1.